The summed E-state index contributed by atoms with van der Waals surface area (Å²) in [5, 5.41) is 0. The molecule has 3 nitrogen and oxygen atoms in total. The Labute approximate surface area is 186 Å². The third-order valence-electron chi connectivity index (χ3n) is 5.44. The number of ketones is 1. The summed E-state index contributed by atoms with van der Waals surface area (Å²) in [6, 6.07) is 20.1. The van der Waals surface area contributed by atoms with Gasteiger partial charge in [-0.1, -0.05) is 49.7 Å². The van der Waals surface area contributed by atoms with E-state index in [9.17, 15) is 4.79 Å². The average molecular weight is 417 g/mol. The highest BCUT2D eigenvalue weighted by molar-refractivity contribution is 5.98. The Morgan fingerprint density at radius 1 is 0.806 bits per heavy atom. The highest BCUT2D eigenvalue weighted by Gasteiger charge is 2.15. The number of carbonyl (C=O) groups excluding carboxylic acids is 1. The molecule has 3 heteroatoms. The topological polar surface area (TPSA) is 35.5 Å². The lowest BCUT2D eigenvalue weighted by molar-refractivity contribution is 0.0967. The van der Waals surface area contributed by atoms with E-state index in [2.05, 4.69) is 39.0 Å². The van der Waals surface area contributed by atoms with E-state index in [4.69, 9.17) is 9.47 Å². The van der Waals surface area contributed by atoms with Crippen LogP contribution < -0.4 is 9.47 Å². The Balaban J connectivity index is 1.63. The summed E-state index contributed by atoms with van der Waals surface area (Å²) in [5.41, 5.74) is 6.23. The molecule has 0 fully saturated rings. The van der Waals surface area contributed by atoms with Gasteiger partial charge in [-0.25, -0.2) is 0 Å². The Kier molecular flexibility index (Phi) is 7.51. The van der Waals surface area contributed by atoms with Gasteiger partial charge in [0.05, 0.1) is 0 Å². The maximum Gasteiger partial charge on any atom is 0.163 e. The van der Waals surface area contributed by atoms with Gasteiger partial charge in [-0.05, 0) is 79.3 Å². The SMILES string of the molecule is Cc1ccc(OCc2cccc(COc3ccc(C(=O)CC(C)C)c(C)c3C)c2)cc1. The molecule has 0 atom stereocenters. The largest absolute Gasteiger partial charge is 0.489 e. The summed E-state index contributed by atoms with van der Waals surface area (Å²) in [6.07, 6.45) is 0.567. The first kappa shape index (κ1) is 22.6. The summed E-state index contributed by atoms with van der Waals surface area (Å²) < 4.78 is 12.0. The van der Waals surface area contributed by atoms with Crippen molar-refractivity contribution in [1.29, 1.82) is 0 Å². The van der Waals surface area contributed by atoms with Gasteiger partial charge in [-0.2, -0.15) is 0 Å². The number of aryl methyl sites for hydroxylation is 1. The molecule has 0 radical (unpaired) electrons. The summed E-state index contributed by atoms with van der Waals surface area (Å²) in [4.78, 5) is 12.5. The zero-order valence-electron chi connectivity index (χ0n) is 19.2. The van der Waals surface area contributed by atoms with E-state index in [0.717, 1.165) is 39.3 Å². The van der Waals surface area contributed by atoms with Crippen LogP contribution in [0.4, 0.5) is 0 Å². The number of hydrogen-bond donors (Lipinski definition) is 0. The van der Waals surface area contributed by atoms with Gasteiger partial charge in [-0.3, -0.25) is 4.79 Å². The van der Waals surface area contributed by atoms with Crippen molar-refractivity contribution in [2.75, 3.05) is 0 Å². The van der Waals surface area contributed by atoms with Crippen LogP contribution in [0.5, 0.6) is 11.5 Å². The zero-order chi connectivity index (χ0) is 22.4. The maximum atomic E-state index is 12.5. The van der Waals surface area contributed by atoms with Gasteiger partial charge in [0.15, 0.2) is 5.78 Å². The quantitative estimate of drug-likeness (QED) is 0.352. The van der Waals surface area contributed by atoms with Crippen LogP contribution in [0.15, 0.2) is 60.7 Å². The van der Waals surface area contributed by atoms with Crippen molar-refractivity contribution in [2.45, 2.75) is 54.3 Å². The number of hydrogen-bond acceptors (Lipinski definition) is 3. The number of benzene rings is 3. The molecule has 0 aliphatic rings. The molecule has 0 saturated heterocycles. The molecule has 31 heavy (non-hydrogen) atoms. The number of Topliss-reactive ketones (excluding diaryl/α,β-unsaturated/α-hetero) is 1. The van der Waals surface area contributed by atoms with Crippen molar-refractivity contribution in [3.05, 3.63) is 94.0 Å². The van der Waals surface area contributed by atoms with Gasteiger partial charge < -0.3 is 9.47 Å². The number of carbonyl (C=O) groups is 1. The van der Waals surface area contributed by atoms with E-state index < -0.39 is 0 Å². The first-order chi connectivity index (χ1) is 14.8. The first-order valence-electron chi connectivity index (χ1n) is 10.9. The van der Waals surface area contributed by atoms with Crippen molar-refractivity contribution >= 4 is 5.78 Å². The maximum absolute atomic E-state index is 12.5. The van der Waals surface area contributed by atoms with Crippen LogP contribution in [0.1, 0.15) is 58.4 Å². The molecule has 3 aromatic rings. The minimum atomic E-state index is 0.198. The van der Waals surface area contributed by atoms with Crippen LogP contribution in [-0.4, -0.2) is 5.78 Å². The smallest absolute Gasteiger partial charge is 0.163 e. The molecular weight excluding hydrogens is 384 g/mol. The fourth-order valence-electron chi connectivity index (χ4n) is 3.51. The predicted molar refractivity (Wildman–Crippen MR) is 126 cm³/mol. The van der Waals surface area contributed by atoms with Crippen LogP contribution in [0.2, 0.25) is 0 Å². The summed E-state index contributed by atoms with van der Waals surface area (Å²) in [6.45, 7) is 11.2. The van der Waals surface area contributed by atoms with E-state index >= 15 is 0 Å². The van der Waals surface area contributed by atoms with Crippen LogP contribution in [-0.2, 0) is 13.2 Å². The normalized spacial score (nSPS) is 10.9. The van der Waals surface area contributed by atoms with E-state index in [-0.39, 0.29) is 5.78 Å². The Hall–Kier alpha value is -3.07. The van der Waals surface area contributed by atoms with E-state index in [1.807, 2.05) is 56.3 Å². The molecule has 0 aliphatic carbocycles. The second-order valence-corrected chi connectivity index (χ2v) is 8.59. The molecule has 0 heterocycles. The van der Waals surface area contributed by atoms with Gasteiger partial charge in [0.1, 0.15) is 24.7 Å². The molecule has 3 rings (SSSR count). The molecule has 0 aromatic heterocycles. The van der Waals surface area contributed by atoms with Crippen LogP contribution in [0, 0.1) is 26.7 Å². The standard InChI is InChI=1S/C28H32O3/c1-19(2)15-27(29)26-13-14-28(22(5)21(26)4)31-18-24-8-6-7-23(16-24)17-30-25-11-9-20(3)10-12-25/h6-14,16,19H,15,17-18H2,1-5H3. The lowest BCUT2D eigenvalue weighted by atomic mass is 9.95. The van der Waals surface area contributed by atoms with Crippen molar-refractivity contribution in [1.82, 2.24) is 0 Å². The monoisotopic (exact) mass is 416 g/mol. The van der Waals surface area contributed by atoms with E-state index in [0.29, 0.717) is 25.6 Å². The molecule has 0 aliphatic heterocycles. The van der Waals surface area contributed by atoms with Crippen molar-refractivity contribution in [3.63, 3.8) is 0 Å². The zero-order valence-corrected chi connectivity index (χ0v) is 19.2. The van der Waals surface area contributed by atoms with Crippen LogP contribution >= 0.6 is 0 Å². The second-order valence-electron chi connectivity index (χ2n) is 8.59. The molecule has 0 spiro atoms. The van der Waals surface area contributed by atoms with Gasteiger partial charge in [0, 0.05) is 12.0 Å². The third-order valence-corrected chi connectivity index (χ3v) is 5.44. The van der Waals surface area contributed by atoms with Gasteiger partial charge in [0.25, 0.3) is 0 Å². The average Bonchev–Trinajstić information content (AvgIpc) is 2.74. The molecule has 3 aromatic carbocycles. The first-order valence-corrected chi connectivity index (χ1v) is 10.9. The van der Waals surface area contributed by atoms with Gasteiger partial charge >= 0.3 is 0 Å². The summed E-state index contributed by atoms with van der Waals surface area (Å²) in [5.74, 6) is 2.24. The Bertz CT molecular complexity index is 1030. The van der Waals surface area contributed by atoms with Crippen LogP contribution in [0.3, 0.4) is 0 Å². The highest BCUT2D eigenvalue weighted by atomic mass is 16.5. The third kappa shape index (κ3) is 6.21. The molecule has 162 valence electrons. The van der Waals surface area contributed by atoms with Crippen molar-refractivity contribution in [3.8, 4) is 11.5 Å². The lowest BCUT2D eigenvalue weighted by Crippen LogP contribution is -2.07. The second kappa shape index (κ2) is 10.3. The molecule has 0 saturated carbocycles. The molecule has 0 unspecified atom stereocenters. The minimum Gasteiger partial charge on any atom is -0.489 e. The van der Waals surface area contributed by atoms with E-state index in [1.165, 1.54) is 5.56 Å². The van der Waals surface area contributed by atoms with Gasteiger partial charge in [0.2, 0.25) is 0 Å². The lowest BCUT2D eigenvalue weighted by Gasteiger charge is -2.15. The molecule has 0 bridgehead atoms. The molecule has 0 N–H and O–H groups in total. The van der Waals surface area contributed by atoms with Crippen LogP contribution in [0.25, 0.3) is 0 Å². The summed E-state index contributed by atoms with van der Waals surface area (Å²) in [7, 11) is 0. The van der Waals surface area contributed by atoms with Crippen molar-refractivity contribution in [2.24, 2.45) is 5.92 Å². The Morgan fingerprint density at radius 3 is 2.10 bits per heavy atom. The highest BCUT2D eigenvalue weighted by Crippen LogP contribution is 2.27. The number of ether oxygens (including phenoxy) is 2. The summed E-state index contributed by atoms with van der Waals surface area (Å²) >= 11 is 0. The van der Waals surface area contributed by atoms with Crippen molar-refractivity contribution < 1.29 is 14.3 Å². The fourth-order valence-corrected chi connectivity index (χ4v) is 3.51. The predicted octanol–water partition coefficient (Wildman–Crippen LogP) is 7.00. The number of rotatable bonds is 9. The minimum absolute atomic E-state index is 0.198. The Morgan fingerprint density at radius 2 is 1.45 bits per heavy atom. The fraction of sp³-hybridized carbons (Fsp3) is 0.321. The van der Waals surface area contributed by atoms with Gasteiger partial charge in [-0.15, -0.1) is 0 Å². The molecule has 0 amide bonds. The van der Waals surface area contributed by atoms with E-state index in [1.54, 1.807) is 0 Å². The molecular formula is C28H32O3.